The number of ether oxygens (including phenoxy) is 1. The van der Waals surface area contributed by atoms with Gasteiger partial charge in [-0.1, -0.05) is 6.07 Å². The second kappa shape index (κ2) is 8.04. The molecule has 0 bridgehead atoms. The average molecular weight is 266 g/mol. The van der Waals surface area contributed by atoms with Crippen molar-refractivity contribution >= 4 is 0 Å². The van der Waals surface area contributed by atoms with Gasteiger partial charge in [0.15, 0.2) is 5.82 Å². The molecule has 1 heterocycles. The molecule has 0 aliphatic heterocycles. The van der Waals surface area contributed by atoms with E-state index in [1.54, 1.807) is 26.6 Å². The molecule has 0 saturated carbocycles. The molecule has 0 aromatic carbocycles. The van der Waals surface area contributed by atoms with Gasteiger partial charge < -0.3 is 15.4 Å². The summed E-state index contributed by atoms with van der Waals surface area (Å²) in [4.78, 5) is 14.1. The Morgan fingerprint density at radius 3 is 3.00 bits per heavy atom. The Kier molecular flexibility index (Phi) is 6.31. The van der Waals surface area contributed by atoms with Crippen molar-refractivity contribution in [1.29, 1.82) is 0 Å². The maximum Gasteiger partial charge on any atom is 0.274 e. The van der Waals surface area contributed by atoms with Crippen LogP contribution in [0, 0.1) is 10.1 Å². The minimum absolute atomic E-state index is 0.104. The predicted octanol–water partition coefficient (Wildman–Crippen LogP) is 1.04. The van der Waals surface area contributed by atoms with Crippen molar-refractivity contribution in [3.05, 3.63) is 52.2 Å². The van der Waals surface area contributed by atoms with Gasteiger partial charge in [-0.05, 0) is 18.1 Å². The predicted molar refractivity (Wildman–Crippen MR) is 70.7 cm³/mol. The van der Waals surface area contributed by atoms with E-state index in [9.17, 15) is 10.1 Å². The van der Waals surface area contributed by atoms with E-state index in [0.29, 0.717) is 18.8 Å². The molecule has 104 valence electrons. The van der Waals surface area contributed by atoms with E-state index in [1.165, 1.54) is 0 Å². The highest BCUT2D eigenvalue weighted by Gasteiger charge is 2.13. The molecule has 0 aliphatic carbocycles. The number of rotatable bonds is 8. The zero-order chi connectivity index (χ0) is 14.1. The number of pyridine rings is 1. The minimum Gasteiger partial charge on any atom is -0.385 e. The third kappa shape index (κ3) is 5.35. The van der Waals surface area contributed by atoms with Gasteiger partial charge in [0, 0.05) is 33.2 Å². The third-order valence-corrected chi connectivity index (χ3v) is 2.53. The summed E-state index contributed by atoms with van der Waals surface area (Å²) in [6.07, 6.45) is 4.99. The molecule has 19 heavy (non-hydrogen) atoms. The SMILES string of the molecule is CN/C(=C\[N+](=O)[O-])NC(CCOC)c1cccnc1. The molecule has 0 spiro atoms. The van der Waals surface area contributed by atoms with E-state index in [-0.39, 0.29) is 6.04 Å². The molecule has 1 aromatic rings. The van der Waals surface area contributed by atoms with Crippen molar-refractivity contribution in [2.45, 2.75) is 12.5 Å². The van der Waals surface area contributed by atoms with E-state index in [2.05, 4.69) is 15.6 Å². The molecule has 0 amide bonds. The lowest BCUT2D eigenvalue weighted by Gasteiger charge is -2.20. The molecule has 1 aromatic heterocycles. The summed E-state index contributed by atoms with van der Waals surface area (Å²) in [5.74, 6) is 0.343. The first kappa shape index (κ1) is 14.9. The molecule has 0 radical (unpaired) electrons. The first-order valence-electron chi connectivity index (χ1n) is 5.85. The Hall–Kier alpha value is -2.15. The molecule has 1 atom stereocenters. The van der Waals surface area contributed by atoms with Crippen molar-refractivity contribution in [3.63, 3.8) is 0 Å². The molecular formula is C12H18N4O3. The number of hydrogen-bond donors (Lipinski definition) is 2. The zero-order valence-corrected chi connectivity index (χ0v) is 11.0. The average Bonchev–Trinajstić information content (AvgIpc) is 2.42. The molecule has 1 rings (SSSR count). The molecular weight excluding hydrogens is 248 g/mol. The van der Waals surface area contributed by atoms with Crippen LogP contribution in [0.25, 0.3) is 0 Å². The van der Waals surface area contributed by atoms with E-state index in [0.717, 1.165) is 11.8 Å². The van der Waals surface area contributed by atoms with Crippen LogP contribution in [0.5, 0.6) is 0 Å². The Morgan fingerprint density at radius 1 is 1.68 bits per heavy atom. The lowest BCUT2D eigenvalue weighted by Crippen LogP contribution is -2.29. The molecule has 7 nitrogen and oxygen atoms in total. The molecule has 0 aliphatic rings. The smallest absolute Gasteiger partial charge is 0.274 e. The lowest BCUT2D eigenvalue weighted by atomic mass is 10.1. The molecule has 2 N–H and O–H groups in total. The summed E-state index contributed by atoms with van der Waals surface area (Å²) in [5, 5.41) is 16.3. The number of aromatic nitrogens is 1. The van der Waals surface area contributed by atoms with E-state index < -0.39 is 4.92 Å². The Morgan fingerprint density at radius 2 is 2.47 bits per heavy atom. The topological polar surface area (TPSA) is 89.3 Å². The quantitative estimate of drug-likeness (QED) is 0.540. The normalized spacial score (nSPS) is 12.8. The van der Waals surface area contributed by atoms with Gasteiger partial charge in [-0.3, -0.25) is 15.1 Å². The van der Waals surface area contributed by atoms with Gasteiger partial charge in [-0.2, -0.15) is 0 Å². The number of hydrogen-bond acceptors (Lipinski definition) is 6. The second-order valence-corrected chi connectivity index (χ2v) is 3.84. The highest BCUT2D eigenvalue weighted by atomic mass is 16.6. The van der Waals surface area contributed by atoms with E-state index in [1.807, 2.05) is 12.1 Å². The van der Waals surface area contributed by atoms with E-state index >= 15 is 0 Å². The summed E-state index contributed by atoms with van der Waals surface area (Å²) in [6.45, 7) is 0.544. The van der Waals surface area contributed by atoms with Gasteiger partial charge in [0.05, 0.1) is 11.0 Å². The van der Waals surface area contributed by atoms with Crippen molar-refractivity contribution in [2.75, 3.05) is 20.8 Å². The molecule has 0 fully saturated rings. The van der Waals surface area contributed by atoms with Crippen LogP contribution in [0.3, 0.4) is 0 Å². The van der Waals surface area contributed by atoms with Crippen LogP contribution in [0.1, 0.15) is 18.0 Å². The van der Waals surface area contributed by atoms with Crippen LogP contribution in [0.2, 0.25) is 0 Å². The highest BCUT2D eigenvalue weighted by Crippen LogP contribution is 2.16. The van der Waals surface area contributed by atoms with Gasteiger partial charge in [-0.25, -0.2) is 0 Å². The summed E-state index contributed by atoms with van der Waals surface area (Å²) < 4.78 is 5.06. The highest BCUT2D eigenvalue weighted by molar-refractivity contribution is 5.15. The first-order valence-corrected chi connectivity index (χ1v) is 5.85. The number of methoxy groups -OCH3 is 1. The third-order valence-electron chi connectivity index (χ3n) is 2.53. The Labute approximate surface area is 111 Å². The summed E-state index contributed by atoms with van der Waals surface area (Å²) in [6, 6.07) is 3.64. The fourth-order valence-electron chi connectivity index (χ4n) is 1.61. The summed E-state index contributed by atoms with van der Waals surface area (Å²) in [7, 11) is 3.24. The standard InChI is InChI=1S/C12H18N4O3/c1-13-12(9-16(17)18)15-11(5-7-19-2)10-4-3-6-14-8-10/h3-4,6,8-9,11,13,15H,5,7H2,1-2H3/b12-9+. The van der Waals surface area contributed by atoms with Crippen molar-refractivity contribution in [2.24, 2.45) is 0 Å². The second-order valence-electron chi connectivity index (χ2n) is 3.84. The number of nitrogens with one attached hydrogen (secondary N) is 2. The van der Waals surface area contributed by atoms with Crippen molar-refractivity contribution < 1.29 is 9.66 Å². The first-order chi connectivity index (χ1) is 9.17. The molecule has 1 unspecified atom stereocenters. The van der Waals surface area contributed by atoms with Crippen LogP contribution < -0.4 is 10.6 Å². The van der Waals surface area contributed by atoms with Gasteiger partial charge in [-0.15, -0.1) is 0 Å². The monoisotopic (exact) mass is 266 g/mol. The molecule has 7 heteroatoms. The largest absolute Gasteiger partial charge is 0.385 e. The Bertz CT molecular complexity index is 422. The maximum absolute atomic E-state index is 10.5. The van der Waals surface area contributed by atoms with Crippen molar-refractivity contribution in [1.82, 2.24) is 15.6 Å². The zero-order valence-electron chi connectivity index (χ0n) is 11.0. The summed E-state index contributed by atoms with van der Waals surface area (Å²) >= 11 is 0. The van der Waals surface area contributed by atoms with Gasteiger partial charge >= 0.3 is 0 Å². The van der Waals surface area contributed by atoms with Crippen LogP contribution in [0.4, 0.5) is 0 Å². The number of nitrogens with zero attached hydrogens (tertiary/aromatic N) is 2. The molecule has 0 saturated heterocycles. The van der Waals surface area contributed by atoms with Gasteiger partial charge in [0.2, 0.25) is 0 Å². The number of nitro groups is 1. The maximum atomic E-state index is 10.5. The fraction of sp³-hybridized carbons (Fsp3) is 0.417. The van der Waals surface area contributed by atoms with Gasteiger partial charge in [0.25, 0.3) is 6.20 Å². The lowest BCUT2D eigenvalue weighted by molar-refractivity contribution is -0.404. The minimum atomic E-state index is -0.505. The Balaban J connectivity index is 2.82. The fourth-order valence-corrected chi connectivity index (χ4v) is 1.61. The van der Waals surface area contributed by atoms with Gasteiger partial charge in [0.1, 0.15) is 0 Å². The summed E-state index contributed by atoms with van der Waals surface area (Å²) in [5.41, 5.74) is 0.948. The van der Waals surface area contributed by atoms with E-state index in [4.69, 9.17) is 4.74 Å². The van der Waals surface area contributed by atoms with Crippen LogP contribution >= 0.6 is 0 Å². The van der Waals surface area contributed by atoms with Crippen molar-refractivity contribution in [3.8, 4) is 0 Å². The van der Waals surface area contributed by atoms with Crippen LogP contribution in [0.15, 0.2) is 36.5 Å². The van der Waals surface area contributed by atoms with Crippen LogP contribution in [-0.4, -0.2) is 30.7 Å². The van der Waals surface area contributed by atoms with Crippen LogP contribution in [-0.2, 0) is 4.74 Å².